The van der Waals surface area contributed by atoms with Gasteiger partial charge in [-0.05, 0) is 28.1 Å². The van der Waals surface area contributed by atoms with E-state index in [2.05, 4.69) is 20.7 Å². The monoisotopic (exact) mass is 272 g/mol. The lowest BCUT2D eigenvalue weighted by molar-refractivity contribution is 0.00170. The number of benzene rings is 1. The molecule has 0 saturated heterocycles. The van der Waals surface area contributed by atoms with E-state index in [4.69, 9.17) is 4.74 Å². The molecule has 0 bridgehead atoms. The van der Waals surface area contributed by atoms with Gasteiger partial charge in [-0.15, -0.1) is 0 Å². The molecule has 0 fully saturated rings. The van der Waals surface area contributed by atoms with Crippen molar-refractivity contribution in [1.82, 2.24) is 0 Å². The highest BCUT2D eigenvalue weighted by atomic mass is 79.9. The largest absolute Gasteiger partial charge is 0.465 e. The smallest absolute Gasteiger partial charge is 0.338 e. The van der Waals surface area contributed by atoms with Gasteiger partial charge in [0.05, 0.1) is 17.1 Å². The topological polar surface area (TPSA) is 55.8 Å². The van der Waals surface area contributed by atoms with Crippen molar-refractivity contribution in [2.45, 2.75) is 12.7 Å². The van der Waals surface area contributed by atoms with Crippen LogP contribution in [0.3, 0.4) is 0 Å². The summed E-state index contributed by atoms with van der Waals surface area (Å²) in [5.74, 6) is 0.0989. The van der Waals surface area contributed by atoms with Gasteiger partial charge in [-0.2, -0.15) is 0 Å². The summed E-state index contributed by atoms with van der Waals surface area (Å²) in [4.78, 5) is 11.4. The Morgan fingerprint density at radius 3 is 3.07 bits per heavy atom. The average Bonchev–Trinajstić information content (AvgIpc) is 2.60. The van der Waals surface area contributed by atoms with Crippen LogP contribution in [0.2, 0.25) is 0 Å². The molecule has 2 rings (SSSR count). The van der Waals surface area contributed by atoms with Gasteiger partial charge < -0.3 is 14.6 Å². The molecule has 4 nitrogen and oxygen atoms in total. The minimum Gasteiger partial charge on any atom is -0.465 e. The summed E-state index contributed by atoms with van der Waals surface area (Å²) in [7, 11) is 1.32. The molecule has 0 aromatic heterocycles. The van der Waals surface area contributed by atoms with E-state index in [0.717, 1.165) is 4.47 Å². The third kappa shape index (κ3) is 1.72. The fourth-order valence-electron chi connectivity index (χ4n) is 1.58. The summed E-state index contributed by atoms with van der Waals surface area (Å²) in [6, 6.07) is 3.35. The van der Waals surface area contributed by atoms with Gasteiger partial charge in [-0.25, -0.2) is 4.79 Å². The van der Waals surface area contributed by atoms with E-state index in [-0.39, 0.29) is 0 Å². The molecule has 1 aliphatic rings. The molecule has 0 radical (unpaired) electrons. The van der Waals surface area contributed by atoms with Gasteiger partial charge in [-0.1, -0.05) is 0 Å². The Labute approximate surface area is 94.9 Å². The van der Waals surface area contributed by atoms with Crippen molar-refractivity contribution in [3.8, 4) is 5.75 Å². The van der Waals surface area contributed by atoms with Crippen LogP contribution in [0.1, 0.15) is 15.9 Å². The summed E-state index contributed by atoms with van der Waals surface area (Å²) in [5, 5.41) is 9.36. The second kappa shape index (κ2) is 3.83. The fourth-order valence-corrected chi connectivity index (χ4v) is 2.05. The number of aliphatic hydroxyl groups is 1. The van der Waals surface area contributed by atoms with E-state index in [1.807, 2.05) is 0 Å². The predicted octanol–water partition coefficient (Wildman–Crippen LogP) is 1.49. The van der Waals surface area contributed by atoms with Crippen molar-refractivity contribution in [1.29, 1.82) is 0 Å². The van der Waals surface area contributed by atoms with E-state index in [1.165, 1.54) is 7.11 Å². The Morgan fingerprint density at radius 2 is 2.40 bits per heavy atom. The highest BCUT2D eigenvalue weighted by Gasteiger charge is 2.28. The molecule has 1 N–H and O–H groups in total. The molecule has 0 saturated carbocycles. The number of carbonyl (C=O) groups is 1. The lowest BCUT2D eigenvalue weighted by atomic mass is 10.1. The average molecular weight is 273 g/mol. The number of aliphatic hydroxyl groups excluding tert-OH is 1. The van der Waals surface area contributed by atoms with Crippen LogP contribution in [-0.4, -0.2) is 24.5 Å². The van der Waals surface area contributed by atoms with Crippen molar-refractivity contribution >= 4 is 21.9 Å². The Balaban J connectivity index is 2.52. The lowest BCUT2D eigenvalue weighted by Crippen LogP contribution is -2.11. The number of hydrogen-bond donors (Lipinski definition) is 1. The zero-order valence-electron chi connectivity index (χ0n) is 7.99. The van der Waals surface area contributed by atoms with E-state index < -0.39 is 12.3 Å². The van der Waals surface area contributed by atoms with Crippen LogP contribution in [0.5, 0.6) is 5.75 Å². The molecule has 1 atom stereocenters. The number of rotatable bonds is 1. The van der Waals surface area contributed by atoms with Crippen LogP contribution < -0.4 is 4.74 Å². The lowest BCUT2D eigenvalue weighted by Gasteiger charge is -2.06. The number of methoxy groups -OCH3 is 1. The summed E-state index contributed by atoms with van der Waals surface area (Å²) in [5.41, 5.74) is 1.12. The Kier molecular flexibility index (Phi) is 2.67. The summed E-state index contributed by atoms with van der Waals surface area (Å²) in [6.45, 7) is 0. The van der Waals surface area contributed by atoms with E-state index in [1.54, 1.807) is 12.1 Å². The quantitative estimate of drug-likeness (QED) is 0.787. The maximum absolute atomic E-state index is 11.4. The Hall–Kier alpha value is -1.07. The maximum atomic E-state index is 11.4. The van der Waals surface area contributed by atoms with Gasteiger partial charge in [-0.3, -0.25) is 0 Å². The number of esters is 1. The third-order valence-electron chi connectivity index (χ3n) is 2.25. The number of halogens is 1. The van der Waals surface area contributed by atoms with Gasteiger partial charge in [0, 0.05) is 12.0 Å². The second-order valence-corrected chi connectivity index (χ2v) is 4.03. The number of fused-ring (bicyclic) bond motifs is 1. The Morgan fingerprint density at radius 1 is 1.67 bits per heavy atom. The molecule has 1 unspecified atom stereocenters. The summed E-state index contributed by atoms with van der Waals surface area (Å²) < 4.78 is 10.5. The number of carbonyl (C=O) groups excluding carboxylic acids is 1. The zero-order valence-corrected chi connectivity index (χ0v) is 9.58. The molecule has 0 amide bonds. The molecule has 1 aliphatic heterocycles. The molecule has 0 aliphatic carbocycles. The third-order valence-corrected chi connectivity index (χ3v) is 2.87. The van der Waals surface area contributed by atoms with Crippen LogP contribution in [0, 0.1) is 0 Å². The van der Waals surface area contributed by atoms with Crippen LogP contribution in [0.15, 0.2) is 16.6 Å². The number of hydrogen-bond acceptors (Lipinski definition) is 4. The first-order valence-electron chi connectivity index (χ1n) is 4.38. The molecular weight excluding hydrogens is 264 g/mol. The highest BCUT2D eigenvalue weighted by Crippen LogP contribution is 2.37. The molecule has 0 spiro atoms. The summed E-state index contributed by atoms with van der Waals surface area (Å²) in [6.07, 6.45) is -0.582. The van der Waals surface area contributed by atoms with Crippen molar-refractivity contribution in [2.75, 3.05) is 7.11 Å². The van der Waals surface area contributed by atoms with Gasteiger partial charge >= 0.3 is 5.97 Å². The van der Waals surface area contributed by atoms with Crippen LogP contribution in [0.25, 0.3) is 0 Å². The Bertz CT molecular complexity index is 416. The van der Waals surface area contributed by atoms with E-state index in [9.17, 15) is 9.90 Å². The molecular formula is C10H9BrO4. The van der Waals surface area contributed by atoms with Gasteiger partial charge in [0.25, 0.3) is 0 Å². The SMILES string of the molecule is COC(=O)c1ccc(Br)c2c1CC(O)O2. The van der Waals surface area contributed by atoms with Crippen molar-refractivity contribution < 1.29 is 19.4 Å². The minimum atomic E-state index is -0.887. The van der Waals surface area contributed by atoms with Gasteiger partial charge in [0.1, 0.15) is 5.75 Å². The van der Waals surface area contributed by atoms with E-state index >= 15 is 0 Å². The van der Waals surface area contributed by atoms with Crippen molar-refractivity contribution in [3.05, 3.63) is 27.7 Å². The first kappa shape index (κ1) is 10.4. The number of ether oxygens (including phenoxy) is 2. The summed E-state index contributed by atoms with van der Waals surface area (Å²) >= 11 is 3.29. The maximum Gasteiger partial charge on any atom is 0.338 e. The molecule has 80 valence electrons. The molecule has 1 heterocycles. The van der Waals surface area contributed by atoms with Crippen molar-refractivity contribution in [3.63, 3.8) is 0 Å². The first-order chi connectivity index (χ1) is 7.13. The fraction of sp³-hybridized carbons (Fsp3) is 0.300. The van der Waals surface area contributed by atoms with Crippen LogP contribution in [-0.2, 0) is 11.2 Å². The highest BCUT2D eigenvalue weighted by molar-refractivity contribution is 9.10. The molecule has 1 aromatic carbocycles. The van der Waals surface area contributed by atoms with E-state index in [0.29, 0.717) is 23.3 Å². The molecule has 15 heavy (non-hydrogen) atoms. The van der Waals surface area contributed by atoms with Gasteiger partial charge in [0.2, 0.25) is 6.29 Å². The normalized spacial score (nSPS) is 18.2. The van der Waals surface area contributed by atoms with Crippen molar-refractivity contribution in [2.24, 2.45) is 0 Å². The molecule has 1 aromatic rings. The standard InChI is InChI=1S/C10H9BrO4/c1-14-10(13)5-2-3-7(11)9-6(5)4-8(12)15-9/h2-3,8,12H,4H2,1H3. The first-order valence-corrected chi connectivity index (χ1v) is 5.17. The van der Waals surface area contributed by atoms with Crippen LogP contribution >= 0.6 is 15.9 Å². The van der Waals surface area contributed by atoms with Crippen LogP contribution in [0.4, 0.5) is 0 Å². The predicted molar refractivity (Wildman–Crippen MR) is 55.8 cm³/mol. The molecule has 5 heteroatoms. The second-order valence-electron chi connectivity index (χ2n) is 3.17. The van der Waals surface area contributed by atoms with Gasteiger partial charge in [0.15, 0.2) is 0 Å². The minimum absolute atomic E-state index is 0.305. The zero-order chi connectivity index (χ0) is 11.0.